The third-order valence-electron chi connectivity index (χ3n) is 2.07. The van der Waals surface area contributed by atoms with E-state index in [1.165, 1.54) is 18.2 Å². The molecule has 0 aliphatic carbocycles. The third-order valence-corrected chi connectivity index (χ3v) is 3.06. The second-order valence-electron chi connectivity index (χ2n) is 3.37. The van der Waals surface area contributed by atoms with Crippen LogP contribution < -0.4 is 15.2 Å². The Balaban J connectivity index is 2.99. The summed E-state index contributed by atoms with van der Waals surface area (Å²) >= 11 is 0. The number of hydrogen-bond donors (Lipinski definition) is 2. The SMILES string of the molecule is CCOc1ccc(NS(=O)(=O)C(F)F)cc1CN. The van der Waals surface area contributed by atoms with Crippen LogP contribution >= 0.6 is 0 Å². The minimum atomic E-state index is -4.67. The van der Waals surface area contributed by atoms with E-state index in [0.717, 1.165) is 0 Å². The van der Waals surface area contributed by atoms with Crippen molar-refractivity contribution in [3.63, 3.8) is 0 Å². The number of nitrogens with one attached hydrogen (secondary N) is 1. The highest BCUT2D eigenvalue weighted by Gasteiger charge is 2.23. The first-order valence-electron chi connectivity index (χ1n) is 5.16. The van der Waals surface area contributed by atoms with Crippen LogP contribution in [0.25, 0.3) is 0 Å². The number of alkyl halides is 2. The number of anilines is 1. The fourth-order valence-electron chi connectivity index (χ4n) is 1.31. The zero-order valence-corrected chi connectivity index (χ0v) is 10.5. The first kappa shape index (κ1) is 14.7. The van der Waals surface area contributed by atoms with Crippen molar-refractivity contribution in [2.45, 2.75) is 19.2 Å². The molecule has 102 valence electrons. The van der Waals surface area contributed by atoms with E-state index in [1.807, 2.05) is 0 Å². The van der Waals surface area contributed by atoms with E-state index in [0.29, 0.717) is 17.9 Å². The molecule has 0 bridgehead atoms. The Labute approximate surface area is 104 Å². The summed E-state index contributed by atoms with van der Waals surface area (Å²) in [5.41, 5.74) is 6.03. The van der Waals surface area contributed by atoms with Gasteiger partial charge in [-0.1, -0.05) is 0 Å². The zero-order chi connectivity index (χ0) is 13.8. The van der Waals surface area contributed by atoms with Crippen molar-refractivity contribution in [1.82, 2.24) is 0 Å². The van der Waals surface area contributed by atoms with Crippen molar-refractivity contribution in [3.8, 4) is 5.75 Å². The van der Waals surface area contributed by atoms with Crippen LogP contribution in [0.5, 0.6) is 5.75 Å². The normalized spacial score (nSPS) is 11.6. The summed E-state index contributed by atoms with van der Waals surface area (Å²) < 4.78 is 53.4. The van der Waals surface area contributed by atoms with Crippen molar-refractivity contribution in [1.29, 1.82) is 0 Å². The molecule has 0 saturated carbocycles. The van der Waals surface area contributed by atoms with E-state index in [1.54, 1.807) is 11.6 Å². The van der Waals surface area contributed by atoms with Gasteiger partial charge in [-0.05, 0) is 25.1 Å². The van der Waals surface area contributed by atoms with Crippen molar-refractivity contribution in [2.24, 2.45) is 5.73 Å². The Morgan fingerprint density at radius 2 is 2.11 bits per heavy atom. The molecular formula is C10H14F2N2O3S. The van der Waals surface area contributed by atoms with Crippen LogP contribution in [0.15, 0.2) is 18.2 Å². The third kappa shape index (κ3) is 3.54. The molecule has 0 radical (unpaired) electrons. The lowest BCUT2D eigenvalue weighted by Gasteiger charge is -2.12. The summed E-state index contributed by atoms with van der Waals surface area (Å²) in [7, 11) is -4.67. The van der Waals surface area contributed by atoms with Gasteiger partial charge in [0, 0.05) is 17.8 Å². The fourth-order valence-corrected chi connectivity index (χ4v) is 1.85. The van der Waals surface area contributed by atoms with Crippen molar-refractivity contribution in [2.75, 3.05) is 11.3 Å². The molecule has 5 nitrogen and oxygen atoms in total. The monoisotopic (exact) mass is 280 g/mol. The molecule has 18 heavy (non-hydrogen) atoms. The first-order chi connectivity index (χ1) is 8.40. The van der Waals surface area contributed by atoms with Crippen LogP contribution in [-0.4, -0.2) is 20.8 Å². The molecule has 0 spiro atoms. The molecule has 0 aromatic heterocycles. The molecule has 0 unspecified atom stereocenters. The summed E-state index contributed by atoms with van der Waals surface area (Å²) in [5, 5.41) is 0. The smallest absolute Gasteiger partial charge is 0.355 e. The van der Waals surface area contributed by atoms with Crippen molar-refractivity contribution < 1.29 is 21.9 Å². The zero-order valence-electron chi connectivity index (χ0n) is 9.69. The maximum Gasteiger partial charge on any atom is 0.355 e. The Morgan fingerprint density at radius 1 is 1.44 bits per heavy atom. The van der Waals surface area contributed by atoms with Gasteiger partial charge in [0.25, 0.3) is 10.0 Å². The molecule has 1 aromatic carbocycles. The Kier molecular flexibility index (Phi) is 4.85. The van der Waals surface area contributed by atoms with Gasteiger partial charge in [-0.15, -0.1) is 0 Å². The first-order valence-corrected chi connectivity index (χ1v) is 6.71. The second kappa shape index (κ2) is 5.96. The average molecular weight is 280 g/mol. The summed E-state index contributed by atoms with van der Waals surface area (Å²) in [6.07, 6.45) is 0. The van der Waals surface area contributed by atoms with Crippen LogP contribution in [0.1, 0.15) is 12.5 Å². The Hall–Kier alpha value is -1.41. The van der Waals surface area contributed by atoms with Gasteiger partial charge in [-0.2, -0.15) is 8.78 Å². The number of nitrogens with two attached hydrogens (primary N) is 1. The second-order valence-corrected chi connectivity index (χ2v) is 5.02. The predicted molar refractivity (Wildman–Crippen MR) is 64.0 cm³/mol. The summed E-state index contributed by atoms with van der Waals surface area (Å²) in [4.78, 5) is 0. The van der Waals surface area contributed by atoms with Crippen molar-refractivity contribution >= 4 is 15.7 Å². The number of hydrogen-bond acceptors (Lipinski definition) is 4. The van der Waals surface area contributed by atoms with Gasteiger partial charge in [-0.25, -0.2) is 8.42 Å². The fraction of sp³-hybridized carbons (Fsp3) is 0.400. The standard InChI is InChI=1S/C10H14F2N2O3S/c1-2-17-9-4-3-8(5-7(9)6-13)14-18(15,16)10(11)12/h3-5,10,14H,2,6,13H2,1H3. The number of sulfonamides is 1. The predicted octanol–water partition coefficient (Wildman–Crippen LogP) is 1.51. The number of halogens is 2. The van der Waals surface area contributed by atoms with Gasteiger partial charge in [0.1, 0.15) is 5.75 Å². The summed E-state index contributed by atoms with van der Waals surface area (Å²) in [6, 6.07) is 4.18. The lowest BCUT2D eigenvalue weighted by atomic mass is 10.2. The molecule has 0 saturated heterocycles. The maximum absolute atomic E-state index is 12.2. The van der Waals surface area contributed by atoms with Gasteiger partial charge in [0.2, 0.25) is 0 Å². The van der Waals surface area contributed by atoms with Crippen molar-refractivity contribution in [3.05, 3.63) is 23.8 Å². The van der Waals surface area contributed by atoms with Gasteiger partial charge < -0.3 is 10.5 Å². The number of benzene rings is 1. The molecule has 1 aromatic rings. The number of rotatable bonds is 6. The summed E-state index contributed by atoms with van der Waals surface area (Å²) in [5.74, 6) is -2.98. The minimum absolute atomic E-state index is 0.0270. The summed E-state index contributed by atoms with van der Waals surface area (Å²) in [6.45, 7) is 2.32. The van der Waals surface area contributed by atoms with Crippen LogP contribution in [-0.2, 0) is 16.6 Å². The number of ether oxygens (including phenoxy) is 1. The average Bonchev–Trinajstić information content (AvgIpc) is 2.30. The Bertz CT molecular complexity index is 506. The van der Waals surface area contributed by atoms with Gasteiger partial charge >= 0.3 is 5.76 Å². The highest BCUT2D eigenvalue weighted by molar-refractivity contribution is 7.93. The van der Waals surface area contributed by atoms with Gasteiger partial charge in [0.05, 0.1) is 6.61 Å². The highest BCUT2D eigenvalue weighted by Crippen LogP contribution is 2.24. The Morgan fingerprint density at radius 3 is 2.61 bits per heavy atom. The lowest BCUT2D eigenvalue weighted by Crippen LogP contribution is -2.20. The maximum atomic E-state index is 12.2. The van der Waals surface area contributed by atoms with E-state index in [9.17, 15) is 17.2 Å². The molecule has 0 amide bonds. The van der Waals surface area contributed by atoms with E-state index in [-0.39, 0.29) is 12.2 Å². The van der Waals surface area contributed by atoms with Crippen LogP contribution in [0.2, 0.25) is 0 Å². The van der Waals surface area contributed by atoms with E-state index in [2.05, 4.69) is 0 Å². The minimum Gasteiger partial charge on any atom is -0.494 e. The lowest BCUT2D eigenvalue weighted by molar-refractivity contribution is 0.236. The van der Waals surface area contributed by atoms with E-state index >= 15 is 0 Å². The van der Waals surface area contributed by atoms with E-state index in [4.69, 9.17) is 10.5 Å². The van der Waals surface area contributed by atoms with Crippen LogP contribution in [0.3, 0.4) is 0 Å². The molecule has 0 atom stereocenters. The molecule has 1 rings (SSSR count). The molecular weight excluding hydrogens is 266 g/mol. The molecule has 8 heteroatoms. The molecule has 0 heterocycles. The molecule has 3 N–H and O–H groups in total. The van der Waals surface area contributed by atoms with Crippen LogP contribution in [0, 0.1) is 0 Å². The van der Waals surface area contributed by atoms with Gasteiger partial charge in [0.15, 0.2) is 0 Å². The molecule has 0 aliphatic rings. The van der Waals surface area contributed by atoms with Crippen LogP contribution in [0.4, 0.5) is 14.5 Å². The largest absolute Gasteiger partial charge is 0.494 e. The van der Waals surface area contributed by atoms with Gasteiger partial charge in [-0.3, -0.25) is 4.72 Å². The molecule has 0 fully saturated rings. The quantitative estimate of drug-likeness (QED) is 0.827. The molecule has 0 aliphatic heterocycles. The topological polar surface area (TPSA) is 81.4 Å². The van der Waals surface area contributed by atoms with E-state index < -0.39 is 15.8 Å². The highest BCUT2D eigenvalue weighted by atomic mass is 32.2.